The Morgan fingerprint density at radius 3 is 2.79 bits per heavy atom. The molecule has 0 saturated carbocycles. The number of halogens is 1. The normalized spacial score (nSPS) is 23.3. The molecular weight excluding hydrogens is 278 g/mol. The van der Waals surface area contributed by atoms with Crippen molar-refractivity contribution in [1.29, 1.82) is 0 Å². The Kier molecular flexibility index (Phi) is 3.39. The summed E-state index contributed by atoms with van der Waals surface area (Å²) in [5.74, 6) is 0. The predicted molar refractivity (Wildman–Crippen MR) is 79.8 cm³/mol. The fourth-order valence-corrected chi connectivity index (χ4v) is 4.24. The van der Waals surface area contributed by atoms with Crippen LogP contribution in [0.3, 0.4) is 0 Å². The van der Waals surface area contributed by atoms with E-state index in [4.69, 9.17) is 17.3 Å². The van der Waals surface area contributed by atoms with Crippen molar-refractivity contribution in [3.05, 3.63) is 56.7 Å². The second-order valence-electron chi connectivity index (χ2n) is 5.06. The highest BCUT2D eigenvalue weighted by Gasteiger charge is 2.44. The van der Waals surface area contributed by atoms with E-state index in [0.717, 1.165) is 17.7 Å². The maximum absolute atomic E-state index is 10.8. The average Bonchev–Trinajstić information content (AvgIpc) is 3.02. The second-order valence-corrected chi connectivity index (χ2v) is 6.81. The van der Waals surface area contributed by atoms with Crippen molar-refractivity contribution in [3.8, 4) is 0 Å². The molecule has 0 amide bonds. The van der Waals surface area contributed by atoms with Crippen LogP contribution < -0.4 is 5.73 Å². The van der Waals surface area contributed by atoms with Gasteiger partial charge in [0, 0.05) is 16.8 Å². The van der Waals surface area contributed by atoms with E-state index in [1.165, 1.54) is 22.5 Å². The molecule has 0 spiro atoms. The molecule has 0 aliphatic heterocycles. The summed E-state index contributed by atoms with van der Waals surface area (Å²) >= 11 is 7.41. The Hall–Kier alpha value is -0.870. The third kappa shape index (κ3) is 2.01. The lowest BCUT2D eigenvalue weighted by Crippen LogP contribution is -2.38. The van der Waals surface area contributed by atoms with Gasteiger partial charge in [-0.2, -0.15) is 0 Å². The van der Waals surface area contributed by atoms with Crippen molar-refractivity contribution < 1.29 is 5.11 Å². The molecule has 2 unspecified atom stereocenters. The number of aryl methyl sites for hydroxylation is 1. The number of aliphatic hydroxyl groups is 1. The molecule has 3 rings (SSSR count). The minimum atomic E-state index is -0.585. The molecule has 1 aliphatic rings. The van der Waals surface area contributed by atoms with Gasteiger partial charge in [0.25, 0.3) is 0 Å². The predicted octanol–water partition coefficient (Wildman–Crippen LogP) is 3.28. The van der Waals surface area contributed by atoms with Crippen molar-refractivity contribution in [1.82, 2.24) is 0 Å². The SMILES string of the molecule is NCC1(C(O)c2ccc(Cl)s2)CCc2ccccc21. The van der Waals surface area contributed by atoms with Gasteiger partial charge in [0.2, 0.25) is 0 Å². The van der Waals surface area contributed by atoms with Gasteiger partial charge in [-0.15, -0.1) is 11.3 Å². The summed E-state index contributed by atoms with van der Waals surface area (Å²) in [6.07, 6.45) is 1.28. The first-order chi connectivity index (χ1) is 9.17. The lowest BCUT2D eigenvalue weighted by atomic mass is 9.76. The third-order valence-electron chi connectivity index (χ3n) is 4.15. The first-order valence-corrected chi connectivity index (χ1v) is 7.58. The number of hydrogen-bond acceptors (Lipinski definition) is 3. The van der Waals surface area contributed by atoms with E-state index >= 15 is 0 Å². The van der Waals surface area contributed by atoms with Crippen LogP contribution in [0.25, 0.3) is 0 Å². The maximum atomic E-state index is 10.8. The minimum Gasteiger partial charge on any atom is -0.387 e. The second kappa shape index (κ2) is 4.91. The molecule has 0 radical (unpaired) electrons. The number of rotatable bonds is 3. The minimum absolute atomic E-state index is 0.370. The molecule has 1 aromatic carbocycles. The first kappa shape index (κ1) is 13.1. The van der Waals surface area contributed by atoms with Crippen molar-refractivity contribution in [2.45, 2.75) is 24.4 Å². The summed E-state index contributed by atoms with van der Waals surface area (Å²) < 4.78 is 0.701. The van der Waals surface area contributed by atoms with Gasteiger partial charge in [0.1, 0.15) is 0 Å². The highest BCUT2D eigenvalue weighted by molar-refractivity contribution is 7.16. The zero-order valence-electron chi connectivity index (χ0n) is 10.5. The van der Waals surface area contributed by atoms with E-state index in [1.54, 1.807) is 0 Å². The summed E-state index contributed by atoms with van der Waals surface area (Å²) in [7, 11) is 0. The topological polar surface area (TPSA) is 46.2 Å². The molecule has 2 nitrogen and oxygen atoms in total. The molecule has 100 valence electrons. The Bertz CT molecular complexity index is 597. The molecular formula is C15H16ClNOS. The van der Waals surface area contributed by atoms with Crippen LogP contribution in [-0.4, -0.2) is 11.7 Å². The smallest absolute Gasteiger partial charge is 0.0991 e. The molecule has 4 heteroatoms. The number of aliphatic hydroxyl groups excluding tert-OH is 1. The number of hydrogen-bond donors (Lipinski definition) is 2. The quantitative estimate of drug-likeness (QED) is 0.912. The molecule has 1 aliphatic carbocycles. The Morgan fingerprint density at radius 1 is 1.32 bits per heavy atom. The van der Waals surface area contributed by atoms with Gasteiger partial charge in [-0.05, 0) is 36.1 Å². The third-order valence-corrected chi connectivity index (χ3v) is 5.43. The molecule has 1 heterocycles. The zero-order chi connectivity index (χ0) is 13.5. The fourth-order valence-electron chi connectivity index (χ4n) is 3.07. The van der Waals surface area contributed by atoms with Gasteiger partial charge < -0.3 is 10.8 Å². The highest BCUT2D eigenvalue weighted by atomic mass is 35.5. The van der Waals surface area contributed by atoms with Crippen LogP contribution in [0.1, 0.15) is 28.5 Å². The summed E-state index contributed by atoms with van der Waals surface area (Å²) in [6.45, 7) is 0.445. The highest BCUT2D eigenvalue weighted by Crippen LogP contribution is 2.48. The molecule has 2 aromatic rings. The molecule has 0 fully saturated rings. The summed E-state index contributed by atoms with van der Waals surface area (Å²) in [5, 5.41) is 10.8. The molecule has 0 bridgehead atoms. The standard InChI is InChI=1S/C15H16ClNOS/c16-13-6-5-12(19-13)14(18)15(9-17)8-7-10-3-1-2-4-11(10)15/h1-6,14,18H,7-9,17H2. The Morgan fingerprint density at radius 2 is 2.11 bits per heavy atom. The van der Waals surface area contributed by atoms with Crippen LogP contribution in [0.15, 0.2) is 36.4 Å². The molecule has 19 heavy (non-hydrogen) atoms. The lowest BCUT2D eigenvalue weighted by molar-refractivity contribution is 0.0873. The average molecular weight is 294 g/mol. The van der Waals surface area contributed by atoms with E-state index in [9.17, 15) is 5.11 Å². The maximum Gasteiger partial charge on any atom is 0.0991 e. The van der Waals surface area contributed by atoms with E-state index in [2.05, 4.69) is 12.1 Å². The fraction of sp³-hybridized carbons (Fsp3) is 0.333. The first-order valence-electron chi connectivity index (χ1n) is 6.39. The lowest BCUT2D eigenvalue weighted by Gasteiger charge is -2.33. The van der Waals surface area contributed by atoms with Crippen molar-refractivity contribution >= 4 is 22.9 Å². The van der Waals surface area contributed by atoms with Crippen molar-refractivity contribution in [2.75, 3.05) is 6.54 Å². The molecule has 2 atom stereocenters. The van der Waals surface area contributed by atoms with Crippen molar-refractivity contribution in [2.24, 2.45) is 5.73 Å². The molecule has 3 N–H and O–H groups in total. The Labute approximate surface area is 121 Å². The van der Waals surface area contributed by atoms with Gasteiger partial charge in [-0.25, -0.2) is 0 Å². The van der Waals surface area contributed by atoms with Crippen LogP contribution in [0, 0.1) is 0 Å². The summed E-state index contributed by atoms with van der Waals surface area (Å²) in [5.41, 5.74) is 8.16. The van der Waals surface area contributed by atoms with E-state index in [1.807, 2.05) is 24.3 Å². The molecule has 1 aromatic heterocycles. The number of fused-ring (bicyclic) bond motifs is 1. The van der Waals surface area contributed by atoms with Crippen LogP contribution in [0.5, 0.6) is 0 Å². The van der Waals surface area contributed by atoms with Gasteiger partial charge in [-0.1, -0.05) is 35.9 Å². The summed E-state index contributed by atoms with van der Waals surface area (Å²) in [6, 6.07) is 12.0. The van der Waals surface area contributed by atoms with E-state index < -0.39 is 6.10 Å². The zero-order valence-corrected chi connectivity index (χ0v) is 12.0. The summed E-state index contributed by atoms with van der Waals surface area (Å²) in [4.78, 5) is 0.896. The van der Waals surface area contributed by atoms with Gasteiger partial charge >= 0.3 is 0 Å². The van der Waals surface area contributed by atoms with Crippen molar-refractivity contribution in [3.63, 3.8) is 0 Å². The van der Waals surface area contributed by atoms with Crippen LogP contribution in [-0.2, 0) is 11.8 Å². The monoisotopic (exact) mass is 293 g/mol. The number of nitrogens with two attached hydrogens (primary N) is 1. The van der Waals surface area contributed by atoms with Gasteiger partial charge in [0.15, 0.2) is 0 Å². The van der Waals surface area contributed by atoms with Gasteiger partial charge in [0.05, 0.1) is 10.4 Å². The number of thiophene rings is 1. The van der Waals surface area contributed by atoms with Crippen LogP contribution in [0.2, 0.25) is 4.34 Å². The van der Waals surface area contributed by atoms with Crippen LogP contribution in [0.4, 0.5) is 0 Å². The molecule has 0 saturated heterocycles. The Balaban J connectivity index is 2.06. The van der Waals surface area contributed by atoms with Crippen LogP contribution >= 0.6 is 22.9 Å². The van der Waals surface area contributed by atoms with E-state index in [0.29, 0.717) is 10.9 Å². The van der Waals surface area contributed by atoms with E-state index in [-0.39, 0.29) is 5.41 Å². The van der Waals surface area contributed by atoms with Gasteiger partial charge in [-0.3, -0.25) is 0 Å². The number of benzene rings is 1. The largest absolute Gasteiger partial charge is 0.387 e.